The van der Waals surface area contributed by atoms with Gasteiger partial charge in [-0.05, 0) is 32.3 Å². The molecule has 1 unspecified atom stereocenters. The van der Waals surface area contributed by atoms with Crippen LogP contribution in [-0.2, 0) is 9.47 Å². The van der Waals surface area contributed by atoms with Crippen molar-refractivity contribution in [2.45, 2.75) is 32.5 Å². The second-order valence-electron chi connectivity index (χ2n) is 6.35. The predicted molar refractivity (Wildman–Crippen MR) is 88.1 cm³/mol. The highest BCUT2D eigenvalue weighted by Gasteiger charge is 2.42. The molecule has 2 fully saturated rings. The topological polar surface area (TPSA) is 64.8 Å². The number of aryl methyl sites for hydroxylation is 1. The van der Waals surface area contributed by atoms with E-state index in [9.17, 15) is 10.1 Å². The van der Waals surface area contributed by atoms with Crippen molar-refractivity contribution in [3.8, 4) is 0 Å². The minimum Gasteiger partial charge on any atom is -0.370 e. The summed E-state index contributed by atoms with van der Waals surface area (Å²) in [5.74, 6) is -0.288. The summed E-state index contributed by atoms with van der Waals surface area (Å²) in [4.78, 5) is 12.7. The fraction of sp³-hybridized carbons (Fsp3) is 0.625. The van der Waals surface area contributed by atoms with Gasteiger partial charge in [-0.1, -0.05) is 11.6 Å². The van der Waals surface area contributed by atoms with Gasteiger partial charge >= 0.3 is 0 Å². The van der Waals surface area contributed by atoms with Crippen LogP contribution in [-0.4, -0.2) is 37.0 Å². The lowest BCUT2D eigenvalue weighted by molar-refractivity contribution is -0.384. The van der Waals surface area contributed by atoms with Crippen LogP contribution in [0.3, 0.4) is 0 Å². The molecule has 0 amide bonds. The minimum atomic E-state index is -0.542. The third-order valence-electron chi connectivity index (χ3n) is 4.79. The van der Waals surface area contributed by atoms with Gasteiger partial charge in [-0.2, -0.15) is 0 Å². The number of ether oxygens (including phenoxy) is 2. The Kier molecular flexibility index (Phi) is 4.49. The average molecular weight is 341 g/mol. The summed E-state index contributed by atoms with van der Waals surface area (Å²) in [6, 6.07) is 3.01. The maximum absolute atomic E-state index is 11.0. The first-order valence-electron chi connectivity index (χ1n) is 7.88. The van der Waals surface area contributed by atoms with Crippen molar-refractivity contribution in [2.75, 3.05) is 31.2 Å². The molecule has 2 aliphatic rings. The SMILES string of the molecule is Cc1cc([N+](=O)[O-])cc(Cl)c1N1CCCC(C2(C)OCCO2)C1. The van der Waals surface area contributed by atoms with E-state index in [2.05, 4.69) is 4.90 Å². The second kappa shape index (κ2) is 6.26. The summed E-state index contributed by atoms with van der Waals surface area (Å²) in [5, 5.41) is 11.4. The van der Waals surface area contributed by atoms with Crippen LogP contribution < -0.4 is 4.90 Å². The zero-order valence-corrected chi connectivity index (χ0v) is 14.1. The zero-order chi connectivity index (χ0) is 16.6. The summed E-state index contributed by atoms with van der Waals surface area (Å²) in [6.07, 6.45) is 2.05. The Labute approximate surface area is 140 Å². The van der Waals surface area contributed by atoms with E-state index in [1.165, 1.54) is 6.07 Å². The molecule has 0 bridgehead atoms. The molecule has 126 valence electrons. The number of nitrogens with zero attached hydrogens (tertiary/aromatic N) is 2. The molecule has 23 heavy (non-hydrogen) atoms. The number of piperidine rings is 1. The summed E-state index contributed by atoms with van der Waals surface area (Å²) in [7, 11) is 0. The highest BCUT2D eigenvalue weighted by molar-refractivity contribution is 6.33. The summed E-state index contributed by atoms with van der Waals surface area (Å²) in [6.45, 7) is 6.77. The van der Waals surface area contributed by atoms with Gasteiger partial charge in [0.1, 0.15) is 0 Å². The van der Waals surface area contributed by atoms with Crippen molar-refractivity contribution in [3.05, 3.63) is 32.8 Å². The highest BCUT2D eigenvalue weighted by Crippen LogP contribution is 2.39. The molecule has 0 N–H and O–H groups in total. The van der Waals surface area contributed by atoms with Crippen LogP contribution in [0.2, 0.25) is 5.02 Å². The van der Waals surface area contributed by atoms with Crippen molar-refractivity contribution < 1.29 is 14.4 Å². The van der Waals surface area contributed by atoms with E-state index in [0.717, 1.165) is 37.2 Å². The van der Waals surface area contributed by atoms with Gasteiger partial charge in [0, 0.05) is 31.1 Å². The van der Waals surface area contributed by atoms with E-state index < -0.39 is 10.7 Å². The molecule has 2 aliphatic heterocycles. The van der Waals surface area contributed by atoms with E-state index >= 15 is 0 Å². The second-order valence-corrected chi connectivity index (χ2v) is 6.76. The molecule has 0 radical (unpaired) electrons. The van der Waals surface area contributed by atoms with Crippen LogP contribution in [0.5, 0.6) is 0 Å². The van der Waals surface area contributed by atoms with Crippen LogP contribution in [0.25, 0.3) is 0 Å². The van der Waals surface area contributed by atoms with E-state index in [1.54, 1.807) is 6.07 Å². The molecule has 7 heteroatoms. The van der Waals surface area contributed by atoms with Gasteiger partial charge in [-0.3, -0.25) is 10.1 Å². The van der Waals surface area contributed by atoms with Gasteiger partial charge in [-0.25, -0.2) is 0 Å². The van der Waals surface area contributed by atoms with Gasteiger partial charge in [0.15, 0.2) is 5.79 Å². The Balaban J connectivity index is 1.85. The molecule has 1 atom stereocenters. The highest BCUT2D eigenvalue weighted by atomic mass is 35.5. The Morgan fingerprint density at radius 2 is 2.09 bits per heavy atom. The van der Waals surface area contributed by atoms with Crippen molar-refractivity contribution >= 4 is 23.0 Å². The lowest BCUT2D eigenvalue weighted by atomic mass is 9.90. The van der Waals surface area contributed by atoms with Crippen molar-refractivity contribution in [2.24, 2.45) is 5.92 Å². The number of hydrogen-bond donors (Lipinski definition) is 0. The largest absolute Gasteiger partial charge is 0.370 e. The first kappa shape index (κ1) is 16.5. The fourth-order valence-corrected chi connectivity index (χ4v) is 3.98. The lowest BCUT2D eigenvalue weighted by Gasteiger charge is -2.41. The van der Waals surface area contributed by atoms with Gasteiger partial charge < -0.3 is 14.4 Å². The van der Waals surface area contributed by atoms with E-state index in [0.29, 0.717) is 18.2 Å². The first-order chi connectivity index (χ1) is 10.9. The number of nitro benzene ring substituents is 1. The minimum absolute atomic E-state index is 0.0271. The lowest BCUT2D eigenvalue weighted by Crippen LogP contribution is -2.47. The third-order valence-corrected chi connectivity index (χ3v) is 5.08. The first-order valence-corrected chi connectivity index (χ1v) is 8.26. The maximum Gasteiger partial charge on any atom is 0.271 e. The molecule has 1 aromatic carbocycles. The van der Waals surface area contributed by atoms with Gasteiger partial charge in [0.05, 0.1) is 28.8 Å². The molecule has 2 heterocycles. The molecule has 0 spiro atoms. The number of non-ortho nitro benzene ring substituents is 1. The summed E-state index contributed by atoms with van der Waals surface area (Å²) >= 11 is 6.35. The van der Waals surface area contributed by atoms with E-state index in [-0.39, 0.29) is 11.6 Å². The van der Waals surface area contributed by atoms with Crippen molar-refractivity contribution in [1.82, 2.24) is 0 Å². The number of anilines is 1. The van der Waals surface area contributed by atoms with Gasteiger partial charge in [0.25, 0.3) is 5.69 Å². The quantitative estimate of drug-likeness (QED) is 0.622. The van der Waals surface area contributed by atoms with E-state index in [4.69, 9.17) is 21.1 Å². The Bertz CT molecular complexity index is 593. The monoisotopic (exact) mass is 340 g/mol. The molecule has 2 saturated heterocycles. The summed E-state index contributed by atoms with van der Waals surface area (Å²) < 4.78 is 11.6. The molecule has 6 nitrogen and oxygen atoms in total. The molecule has 0 saturated carbocycles. The normalized spacial score (nSPS) is 24.0. The number of hydrogen-bond acceptors (Lipinski definition) is 5. The van der Waals surface area contributed by atoms with Gasteiger partial charge in [-0.15, -0.1) is 0 Å². The Morgan fingerprint density at radius 3 is 2.70 bits per heavy atom. The summed E-state index contributed by atoms with van der Waals surface area (Å²) in [5.41, 5.74) is 1.73. The fourth-order valence-electron chi connectivity index (χ4n) is 3.60. The standard InChI is InChI=1S/C16H21ClN2O4/c1-11-8-13(19(20)21)9-14(17)15(11)18-5-3-4-12(10-18)16(2)22-6-7-23-16/h8-9,12H,3-7,10H2,1-2H3. The third kappa shape index (κ3) is 3.16. The van der Waals surface area contributed by atoms with Crippen LogP contribution in [0.4, 0.5) is 11.4 Å². The molecular formula is C16H21ClN2O4. The van der Waals surface area contributed by atoms with E-state index in [1.807, 2.05) is 13.8 Å². The molecule has 0 aliphatic carbocycles. The molecule has 0 aromatic heterocycles. The van der Waals surface area contributed by atoms with Crippen LogP contribution >= 0.6 is 11.6 Å². The predicted octanol–water partition coefficient (Wildman–Crippen LogP) is 3.54. The molecule has 1 aromatic rings. The maximum atomic E-state index is 11.0. The number of nitro groups is 1. The van der Waals surface area contributed by atoms with Crippen molar-refractivity contribution in [1.29, 1.82) is 0 Å². The molecular weight excluding hydrogens is 320 g/mol. The van der Waals surface area contributed by atoms with Crippen molar-refractivity contribution in [3.63, 3.8) is 0 Å². The van der Waals surface area contributed by atoms with Crippen LogP contribution in [0.1, 0.15) is 25.3 Å². The van der Waals surface area contributed by atoms with Gasteiger partial charge in [0.2, 0.25) is 0 Å². The zero-order valence-electron chi connectivity index (χ0n) is 13.4. The van der Waals surface area contributed by atoms with Crippen LogP contribution in [0, 0.1) is 23.0 Å². The number of halogens is 1. The Morgan fingerprint density at radius 1 is 1.39 bits per heavy atom. The number of benzene rings is 1. The number of rotatable bonds is 3. The van der Waals surface area contributed by atoms with Crippen LogP contribution in [0.15, 0.2) is 12.1 Å². The Hall–Kier alpha value is -1.37. The smallest absolute Gasteiger partial charge is 0.271 e. The average Bonchev–Trinajstić information content (AvgIpc) is 2.95. The molecule has 3 rings (SSSR count).